The van der Waals surface area contributed by atoms with Crippen molar-refractivity contribution >= 4 is 29.3 Å². The van der Waals surface area contributed by atoms with E-state index < -0.39 is 0 Å². The molecule has 0 bridgehead atoms. The number of hydrogen-bond donors (Lipinski definition) is 1. The third-order valence-corrected chi connectivity index (χ3v) is 3.40. The van der Waals surface area contributed by atoms with Crippen LogP contribution in [0.4, 0.5) is 0 Å². The molecule has 0 unspecified atom stereocenters. The van der Waals surface area contributed by atoms with Crippen LogP contribution in [0, 0.1) is 4.77 Å². The normalized spacial score (nSPS) is 12.0. The first-order valence-electron chi connectivity index (χ1n) is 4.98. The topological polar surface area (TPSA) is 46.0 Å². The van der Waals surface area contributed by atoms with Gasteiger partial charge in [-0.25, -0.2) is 0 Å². The third-order valence-electron chi connectivity index (χ3n) is 2.16. The second kappa shape index (κ2) is 4.71. The van der Waals surface area contributed by atoms with Crippen LogP contribution >= 0.6 is 23.6 Å². The minimum Gasteiger partial charge on any atom is -0.250 e. The molecule has 2 rings (SSSR count). The Bertz CT molecular complexity index is 548. The molecule has 2 aromatic heterocycles. The molecule has 0 amide bonds. The van der Waals surface area contributed by atoms with Gasteiger partial charge in [0.2, 0.25) is 4.77 Å². The molecule has 0 fully saturated rings. The molecule has 0 radical (unpaired) electrons. The third kappa shape index (κ3) is 2.12. The smallest absolute Gasteiger partial charge is 0.216 e. The molecular weight excluding hydrogens is 240 g/mol. The van der Waals surface area contributed by atoms with E-state index in [1.165, 1.54) is 0 Å². The SMILES string of the molecule is CCc1n[nH]c(=S)n1N=C(C)c1cccs1. The minimum atomic E-state index is 0.535. The summed E-state index contributed by atoms with van der Waals surface area (Å²) in [6.07, 6.45) is 0.800. The predicted octanol–water partition coefficient (Wildman–Crippen LogP) is 2.84. The zero-order valence-corrected chi connectivity index (χ0v) is 10.7. The molecule has 0 aliphatic heterocycles. The number of nitrogens with zero attached hydrogens (tertiary/aromatic N) is 3. The van der Waals surface area contributed by atoms with E-state index in [1.54, 1.807) is 16.0 Å². The molecule has 16 heavy (non-hydrogen) atoms. The van der Waals surface area contributed by atoms with Crippen LogP contribution in [0.25, 0.3) is 0 Å². The van der Waals surface area contributed by atoms with E-state index in [0.717, 1.165) is 22.8 Å². The fraction of sp³-hybridized carbons (Fsp3) is 0.300. The number of aryl methyl sites for hydroxylation is 1. The van der Waals surface area contributed by atoms with Crippen LogP contribution < -0.4 is 0 Å². The number of aromatic nitrogens is 3. The van der Waals surface area contributed by atoms with E-state index >= 15 is 0 Å². The van der Waals surface area contributed by atoms with Gasteiger partial charge in [-0.15, -0.1) is 11.3 Å². The lowest BCUT2D eigenvalue weighted by Crippen LogP contribution is -2.01. The standard InChI is InChI=1S/C10H12N4S2/c1-3-9-11-12-10(15)14(9)13-7(2)8-5-4-6-16-8/h4-6H,3H2,1-2H3,(H,12,15). The Hall–Kier alpha value is -1.27. The van der Waals surface area contributed by atoms with Crippen molar-refractivity contribution in [2.24, 2.45) is 5.10 Å². The average molecular weight is 252 g/mol. The minimum absolute atomic E-state index is 0.535. The quantitative estimate of drug-likeness (QED) is 0.674. The molecular formula is C10H12N4S2. The van der Waals surface area contributed by atoms with Gasteiger partial charge >= 0.3 is 0 Å². The van der Waals surface area contributed by atoms with Gasteiger partial charge in [-0.3, -0.25) is 5.10 Å². The molecule has 84 valence electrons. The largest absolute Gasteiger partial charge is 0.250 e. The van der Waals surface area contributed by atoms with Crippen LogP contribution in [-0.2, 0) is 6.42 Å². The molecule has 0 saturated heterocycles. The lowest BCUT2D eigenvalue weighted by atomic mass is 10.3. The van der Waals surface area contributed by atoms with E-state index in [4.69, 9.17) is 12.2 Å². The molecule has 0 aliphatic carbocycles. The molecule has 0 saturated carbocycles. The highest BCUT2D eigenvalue weighted by Crippen LogP contribution is 2.10. The zero-order valence-electron chi connectivity index (χ0n) is 9.10. The Balaban J connectivity index is 2.43. The van der Waals surface area contributed by atoms with Crippen LogP contribution in [0.5, 0.6) is 0 Å². The van der Waals surface area contributed by atoms with Gasteiger partial charge < -0.3 is 0 Å². The first-order valence-corrected chi connectivity index (χ1v) is 6.27. The van der Waals surface area contributed by atoms with Crippen LogP contribution in [0.15, 0.2) is 22.6 Å². The van der Waals surface area contributed by atoms with Crippen molar-refractivity contribution in [1.29, 1.82) is 0 Å². The van der Waals surface area contributed by atoms with Crippen LogP contribution in [0.2, 0.25) is 0 Å². The maximum absolute atomic E-state index is 5.13. The maximum atomic E-state index is 5.13. The summed E-state index contributed by atoms with van der Waals surface area (Å²) in [5.74, 6) is 0.848. The molecule has 4 nitrogen and oxygen atoms in total. The van der Waals surface area contributed by atoms with Crippen molar-refractivity contribution in [3.63, 3.8) is 0 Å². The zero-order chi connectivity index (χ0) is 11.5. The molecule has 0 spiro atoms. The monoisotopic (exact) mass is 252 g/mol. The van der Waals surface area contributed by atoms with Gasteiger partial charge in [-0.2, -0.15) is 14.9 Å². The molecule has 1 N–H and O–H groups in total. The second-order valence-corrected chi connectivity index (χ2v) is 4.61. The first-order chi connectivity index (χ1) is 7.72. The Morgan fingerprint density at radius 3 is 3.12 bits per heavy atom. The van der Waals surface area contributed by atoms with Crippen LogP contribution in [0.3, 0.4) is 0 Å². The van der Waals surface area contributed by atoms with E-state index in [1.807, 2.05) is 31.4 Å². The number of hydrogen-bond acceptors (Lipinski definition) is 4. The summed E-state index contributed by atoms with van der Waals surface area (Å²) >= 11 is 6.79. The summed E-state index contributed by atoms with van der Waals surface area (Å²) in [5.41, 5.74) is 0.946. The molecule has 0 aliphatic rings. The lowest BCUT2D eigenvalue weighted by Gasteiger charge is -1.99. The number of rotatable bonds is 3. The average Bonchev–Trinajstić information content (AvgIpc) is 2.89. The summed E-state index contributed by atoms with van der Waals surface area (Å²) in [6.45, 7) is 4.00. The number of nitrogens with one attached hydrogen (secondary N) is 1. The number of H-pyrrole nitrogens is 1. The van der Waals surface area contributed by atoms with Gasteiger partial charge in [0.15, 0.2) is 5.82 Å². The summed E-state index contributed by atoms with van der Waals surface area (Å²) in [5, 5.41) is 13.4. The van der Waals surface area contributed by atoms with E-state index in [2.05, 4.69) is 15.3 Å². The van der Waals surface area contributed by atoms with Gasteiger partial charge in [-0.05, 0) is 30.6 Å². The highest BCUT2D eigenvalue weighted by atomic mass is 32.1. The summed E-state index contributed by atoms with van der Waals surface area (Å²) < 4.78 is 2.22. The highest BCUT2D eigenvalue weighted by molar-refractivity contribution is 7.71. The van der Waals surface area contributed by atoms with Crippen molar-refractivity contribution in [3.05, 3.63) is 33.0 Å². The molecule has 2 aromatic rings. The fourth-order valence-corrected chi connectivity index (χ4v) is 2.20. The Labute approximate surface area is 103 Å². The van der Waals surface area contributed by atoms with E-state index in [-0.39, 0.29) is 0 Å². The van der Waals surface area contributed by atoms with Crippen molar-refractivity contribution in [1.82, 2.24) is 14.9 Å². The van der Waals surface area contributed by atoms with Crippen LogP contribution in [0.1, 0.15) is 24.5 Å². The maximum Gasteiger partial charge on any atom is 0.216 e. The van der Waals surface area contributed by atoms with E-state index in [0.29, 0.717) is 4.77 Å². The highest BCUT2D eigenvalue weighted by Gasteiger charge is 2.04. The van der Waals surface area contributed by atoms with Crippen molar-refractivity contribution in [2.45, 2.75) is 20.3 Å². The molecule has 0 atom stereocenters. The van der Waals surface area contributed by atoms with Gasteiger partial charge in [0.05, 0.1) is 10.6 Å². The molecule has 2 heterocycles. The van der Waals surface area contributed by atoms with Gasteiger partial charge in [-0.1, -0.05) is 13.0 Å². The summed E-state index contributed by atoms with van der Waals surface area (Å²) in [7, 11) is 0. The van der Waals surface area contributed by atoms with Crippen molar-refractivity contribution < 1.29 is 0 Å². The first kappa shape index (κ1) is 11.2. The lowest BCUT2D eigenvalue weighted by molar-refractivity contribution is 0.776. The van der Waals surface area contributed by atoms with Crippen molar-refractivity contribution in [3.8, 4) is 0 Å². The summed E-state index contributed by atoms with van der Waals surface area (Å²) in [6, 6.07) is 4.05. The van der Waals surface area contributed by atoms with E-state index in [9.17, 15) is 0 Å². The predicted molar refractivity (Wildman–Crippen MR) is 68.7 cm³/mol. The molecule has 0 aromatic carbocycles. The number of thiophene rings is 1. The molecule has 6 heteroatoms. The Kier molecular flexibility index (Phi) is 3.31. The van der Waals surface area contributed by atoms with Crippen LogP contribution in [-0.4, -0.2) is 20.6 Å². The Morgan fingerprint density at radius 1 is 1.69 bits per heavy atom. The van der Waals surface area contributed by atoms with Gasteiger partial charge in [0.1, 0.15) is 0 Å². The Morgan fingerprint density at radius 2 is 2.50 bits per heavy atom. The number of aromatic amines is 1. The second-order valence-electron chi connectivity index (χ2n) is 3.27. The van der Waals surface area contributed by atoms with Gasteiger partial charge in [0.25, 0.3) is 0 Å². The van der Waals surface area contributed by atoms with Crippen molar-refractivity contribution in [2.75, 3.05) is 0 Å². The summed E-state index contributed by atoms with van der Waals surface area (Å²) in [4.78, 5) is 1.14. The van der Waals surface area contributed by atoms with Gasteiger partial charge in [0, 0.05) is 6.42 Å². The fourth-order valence-electron chi connectivity index (χ4n) is 1.34.